The second-order valence-corrected chi connectivity index (χ2v) is 9.59. The molecule has 1 fully saturated rings. The molecular formula is C26H25ClF3N5O3. The van der Waals surface area contributed by atoms with Crippen molar-refractivity contribution < 1.29 is 27.8 Å². The number of fused-ring (bicyclic) bond motifs is 4. The van der Waals surface area contributed by atoms with Gasteiger partial charge < -0.3 is 14.7 Å². The van der Waals surface area contributed by atoms with Gasteiger partial charge in [-0.3, -0.25) is 10.2 Å². The van der Waals surface area contributed by atoms with E-state index in [-0.39, 0.29) is 34.7 Å². The highest BCUT2D eigenvalue weighted by molar-refractivity contribution is 6.33. The molecule has 4 heterocycles. The van der Waals surface area contributed by atoms with Crippen molar-refractivity contribution in [3.8, 4) is 17.0 Å². The average Bonchev–Trinajstić information content (AvgIpc) is 3.32. The first-order valence-corrected chi connectivity index (χ1v) is 12.5. The molecule has 2 amide bonds. The van der Waals surface area contributed by atoms with Crippen LogP contribution in [-0.2, 0) is 6.18 Å². The average molecular weight is 548 g/mol. The molecular weight excluding hydrogens is 523 g/mol. The summed E-state index contributed by atoms with van der Waals surface area (Å²) in [4.78, 5) is 25.9. The number of aliphatic hydroxyl groups excluding tert-OH is 1. The number of aliphatic hydroxyl groups is 1. The van der Waals surface area contributed by atoms with Crippen LogP contribution >= 0.6 is 11.6 Å². The number of nitrogens with one attached hydrogen (secondary N) is 1. The first kappa shape index (κ1) is 26.1. The molecule has 2 atom stereocenters. The minimum Gasteiger partial charge on any atom is -0.489 e. The summed E-state index contributed by atoms with van der Waals surface area (Å²) in [5.74, 6) is 1.06. The summed E-state index contributed by atoms with van der Waals surface area (Å²) < 4.78 is 45.4. The molecule has 2 bridgehead atoms. The van der Waals surface area contributed by atoms with Gasteiger partial charge in [-0.25, -0.2) is 14.8 Å². The van der Waals surface area contributed by atoms with Gasteiger partial charge in [0.05, 0.1) is 40.3 Å². The molecule has 5 rings (SSSR count). The summed E-state index contributed by atoms with van der Waals surface area (Å²) in [5, 5.41) is 12.6. The number of aromatic nitrogens is 2. The van der Waals surface area contributed by atoms with E-state index in [1.165, 1.54) is 23.2 Å². The van der Waals surface area contributed by atoms with Gasteiger partial charge in [-0.2, -0.15) is 13.2 Å². The lowest BCUT2D eigenvalue weighted by molar-refractivity contribution is -0.137. The largest absolute Gasteiger partial charge is 0.489 e. The van der Waals surface area contributed by atoms with Crippen molar-refractivity contribution in [3.63, 3.8) is 0 Å². The number of carbonyl (C=O) groups excluding carboxylic acids is 1. The number of alkyl halides is 3. The summed E-state index contributed by atoms with van der Waals surface area (Å²) in [7, 11) is 0. The van der Waals surface area contributed by atoms with Crippen molar-refractivity contribution in [2.75, 3.05) is 34.8 Å². The van der Waals surface area contributed by atoms with E-state index in [1.54, 1.807) is 18.2 Å². The summed E-state index contributed by atoms with van der Waals surface area (Å²) in [6.07, 6.45) is -2.40. The Hall–Kier alpha value is -3.57. The zero-order chi connectivity index (χ0) is 27.0. The number of anilines is 3. The molecule has 1 aromatic carbocycles. The van der Waals surface area contributed by atoms with E-state index in [2.05, 4.69) is 20.2 Å². The molecule has 12 heteroatoms. The molecule has 8 nitrogen and oxygen atoms in total. The standard InChI is InChI=1S/C26H25ClF3N5O3/c1-2-18(36)14-38-19-6-7-22(31-12-19)32-25(37)35-17-8-9-34(13-17)21-11-20(27)23(33-24(21)35)15-4-3-5-16(10-15)26(28,29)30/h3-7,10-12,17-18,36H,2,8-9,13-14H2,1H3,(H,31,32,37)/t17?,18-/m1/s1. The Morgan fingerprint density at radius 2 is 2.11 bits per heavy atom. The van der Waals surface area contributed by atoms with Crippen molar-refractivity contribution in [3.05, 3.63) is 59.2 Å². The second-order valence-electron chi connectivity index (χ2n) is 9.18. The van der Waals surface area contributed by atoms with Gasteiger partial charge in [-0.1, -0.05) is 30.7 Å². The summed E-state index contributed by atoms with van der Waals surface area (Å²) in [6, 6.07) is 9.01. The third-order valence-electron chi connectivity index (χ3n) is 6.60. The van der Waals surface area contributed by atoms with Gasteiger partial charge >= 0.3 is 12.2 Å². The van der Waals surface area contributed by atoms with Crippen LogP contribution in [0, 0.1) is 0 Å². The molecule has 1 unspecified atom stereocenters. The predicted molar refractivity (Wildman–Crippen MR) is 138 cm³/mol. The third kappa shape index (κ3) is 5.21. The first-order chi connectivity index (χ1) is 18.1. The minimum absolute atomic E-state index is 0.134. The number of benzene rings is 1. The van der Waals surface area contributed by atoms with Gasteiger partial charge in [-0.05, 0) is 43.2 Å². The van der Waals surface area contributed by atoms with Crippen LogP contribution in [0.25, 0.3) is 11.3 Å². The number of nitrogens with zero attached hydrogens (tertiary/aromatic N) is 4. The number of hydrogen-bond donors (Lipinski definition) is 2. The number of pyridine rings is 2. The Bertz CT molecular complexity index is 1340. The summed E-state index contributed by atoms with van der Waals surface area (Å²) >= 11 is 6.50. The molecule has 1 saturated heterocycles. The van der Waals surface area contributed by atoms with Gasteiger partial charge in [0.25, 0.3) is 0 Å². The second kappa shape index (κ2) is 10.3. The van der Waals surface area contributed by atoms with Crippen molar-refractivity contribution in [2.45, 2.75) is 38.1 Å². The molecule has 2 aromatic heterocycles. The topological polar surface area (TPSA) is 90.8 Å². The first-order valence-electron chi connectivity index (χ1n) is 12.1. The zero-order valence-electron chi connectivity index (χ0n) is 20.4. The third-order valence-corrected chi connectivity index (χ3v) is 6.89. The van der Waals surface area contributed by atoms with Crippen molar-refractivity contribution in [1.82, 2.24) is 9.97 Å². The molecule has 2 N–H and O–H groups in total. The van der Waals surface area contributed by atoms with E-state index < -0.39 is 23.9 Å². The van der Waals surface area contributed by atoms with Crippen LogP contribution in [0.1, 0.15) is 25.3 Å². The number of carbonyl (C=O) groups is 1. The Morgan fingerprint density at radius 1 is 1.29 bits per heavy atom. The highest BCUT2D eigenvalue weighted by Crippen LogP contribution is 2.43. The summed E-state index contributed by atoms with van der Waals surface area (Å²) in [5.41, 5.74) is 0.185. The number of amides is 2. The van der Waals surface area contributed by atoms with Crippen LogP contribution in [-0.4, -0.2) is 52.9 Å². The summed E-state index contributed by atoms with van der Waals surface area (Å²) in [6.45, 7) is 3.26. The minimum atomic E-state index is -4.52. The fourth-order valence-corrected chi connectivity index (χ4v) is 4.81. The molecule has 38 heavy (non-hydrogen) atoms. The van der Waals surface area contributed by atoms with Gasteiger partial charge in [0, 0.05) is 18.7 Å². The SMILES string of the molecule is CC[C@@H](O)COc1ccc(NC(=O)N2c3nc(-c4cccc(C(F)(F)F)c4)c(Cl)cc3N3CCC2C3)nc1. The number of ether oxygens (including phenoxy) is 1. The Kier molecular flexibility index (Phi) is 7.06. The molecule has 3 aromatic rings. The molecule has 2 aliphatic heterocycles. The maximum Gasteiger partial charge on any atom is 0.416 e. The number of rotatable bonds is 6. The van der Waals surface area contributed by atoms with Gasteiger partial charge in [0.15, 0.2) is 5.82 Å². The smallest absolute Gasteiger partial charge is 0.416 e. The predicted octanol–water partition coefficient (Wildman–Crippen LogP) is 5.60. The van der Waals surface area contributed by atoms with Crippen LogP contribution in [0.15, 0.2) is 48.7 Å². The highest BCUT2D eigenvalue weighted by atomic mass is 35.5. The van der Waals surface area contributed by atoms with Crippen LogP contribution in [0.4, 0.5) is 35.3 Å². The van der Waals surface area contributed by atoms with E-state index in [0.29, 0.717) is 43.2 Å². The molecule has 200 valence electrons. The molecule has 0 radical (unpaired) electrons. The van der Waals surface area contributed by atoms with E-state index in [0.717, 1.165) is 12.1 Å². The monoisotopic (exact) mass is 547 g/mol. The Labute approximate surface area is 222 Å². The highest BCUT2D eigenvalue weighted by Gasteiger charge is 2.41. The van der Waals surface area contributed by atoms with Crippen molar-refractivity contribution >= 4 is 35.0 Å². The van der Waals surface area contributed by atoms with E-state index in [4.69, 9.17) is 16.3 Å². The normalized spacial score (nSPS) is 17.3. The zero-order valence-corrected chi connectivity index (χ0v) is 21.1. The Balaban J connectivity index is 1.43. The maximum absolute atomic E-state index is 13.4. The molecule has 0 saturated carbocycles. The Morgan fingerprint density at radius 3 is 2.82 bits per heavy atom. The lowest BCUT2D eigenvalue weighted by atomic mass is 10.1. The number of hydrogen-bond acceptors (Lipinski definition) is 6. The van der Waals surface area contributed by atoms with Crippen molar-refractivity contribution in [2.24, 2.45) is 0 Å². The fourth-order valence-electron chi connectivity index (χ4n) is 4.55. The number of urea groups is 1. The molecule has 0 spiro atoms. The van der Waals surface area contributed by atoms with Crippen LogP contribution in [0.2, 0.25) is 5.02 Å². The van der Waals surface area contributed by atoms with Crippen molar-refractivity contribution in [1.29, 1.82) is 0 Å². The van der Waals surface area contributed by atoms with Gasteiger partial charge in [0.2, 0.25) is 0 Å². The van der Waals surface area contributed by atoms with E-state index in [1.807, 2.05) is 6.92 Å². The quantitative estimate of drug-likeness (QED) is 0.418. The van der Waals surface area contributed by atoms with Crippen LogP contribution in [0.3, 0.4) is 0 Å². The molecule has 2 aliphatic rings. The lowest BCUT2D eigenvalue weighted by Crippen LogP contribution is -2.48. The van der Waals surface area contributed by atoms with E-state index in [9.17, 15) is 23.1 Å². The molecule has 0 aliphatic carbocycles. The van der Waals surface area contributed by atoms with Crippen LogP contribution in [0.5, 0.6) is 5.75 Å². The number of halogens is 4. The van der Waals surface area contributed by atoms with E-state index >= 15 is 0 Å². The maximum atomic E-state index is 13.4. The van der Waals surface area contributed by atoms with Crippen LogP contribution < -0.4 is 19.9 Å². The van der Waals surface area contributed by atoms with Gasteiger partial charge in [-0.15, -0.1) is 0 Å². The fraction of sp³-hybridized carbons (Fsp3) is 0.346. The van der Waals surface area contributed by atoms with Gasteiger partial charge in [0.1, 0.15) is 18.2 Å². The lowest BCUT2D eigenvalue weighted by Gasteiger charge is -2.36.